The lowest BCUT2D eigenvalue weighted by Gasteiger charge is -2.29. The van der Waals surface area contributed by atoms with Crippen molar-refractivity contribution >= 4 is 29.8 Å². The summed E-state index contributed by atoms with van der Waals surface area (Å²) in [5.41, 5.74) is 0.727. The van der Waals surface area contributed by atoms with Gasteiger partial charge in [-0.2, -0.15) is 13.2 Å². The minimum absolute atomic E-state index is 0.00891. The highest BCUT2D eigenvalue weighted by Gasteiger charge is 2.39. The van der Waals surface area contributed by atoms with E-state index in [1.807, 2.05) is 0 Å². The van der Waals surface area contributed by atoms with Gasteiger partial charge in [-0.25, -0.2) is 4.99 Å². The van der Waals surface area contributed by atoms with Crippen molar-refractivity contribution in [3.8, 4) is 0 Å². The zero-order valence-corrected chi connectivity index (χ0v) is 16.5. The molecule has 0 radical (unpaired) electrons. The molecule has 4 amide bonds. The highest BCUT2D eigenvalue weighted by molar-refractivity contribution is 6.06. The second kappa shape index (κ2) is 8.03. The molecule has 0 aliphatic carbocycles. The maximum Gasteiger partial charge on any atom is 0.416 e. The second-order valence-corrected chi connectivity index (χ2v) is 7.45. The molecule has 7 nitrogen and oxygen atoms in total. The highest BCUT2D eigenvalue weighted by Crippen LogP contribution is 2.30. The first-order chi connectivity index (χ1) is 15.1. The van der Waals surface area contributed by atoms with E-state index in [0.29, 0.717) is 16.7 Å². The van der Waals surface area contributed by atoms with E-state index >= 15 is 0 Å². The molecule has 4 rings (SSSR count). The molecule has 0 spiro atoms. The standard InChI is InChI=1S/C22H16F3N3O4/c23-22(24,25)15-4-2-13(3-5-15)19(30)26-10-12-1-6-16-14(9-12)11-28(21(16)32)17-7-8-18(29)27-20(17)31/h1-6,9-10,17H,7-8,11H2,(H,27,29,31). The van der Waals surface area contributed by atoms with Crippen LogP contribution in [0.15, 0.2) is 47.5 Å². The third-order valence-electron chi connectivity index (χ3n) is 5.34. The Morgan fingerprint density at radius 3 is 2.47 bits per heavy atom. The summed E-state index contributed by atoms with van der Waals surface area (Å²) in [6.07, 6.45) is -2.82. The normalized spacial score (nSPS) is 18.8. The number of benzene rings is 2. The average molecular weight is 443 g/mol. The molecule has 32 heavy (non-hydrogen) atoms. The van der Waals surface area contributed by atoms with Crippen molar-refractivity contribution in [2.75, 3.05) is 0 Å². The minimum Gasteiger partial charge on any atom is -0.322 e. The molecule has 2 aromatic rings. The molecule has 0 saturated carbocycles. The molecular weight excluding hydrogens is 427 g/mol. The van der Waals surface area contributed by atoms with Gasteiger partial charge in [0.25, 0.3) is 11.8 Å². The summed E-state index contributed by atoms with van der Waals surface area (Å²) >= 11 is 0. The zero-order valence-electron chi connectivity index (χ0n) is 16.5. The Labute approximate surface area is 179 Å². The predicted octanol–water partition coefficient (Wildman–Crippen LogP) is 2.73. The highest BCUT2D eigenvalue weighted by atomic mass is 19.4. The van der Waals surface area contributed by atoms with Gasteiger partial charge in [0.2, 0.25) is 11.8 Å². The van der Waals surface area contributed by atoms with Crippen LogP contribution >= 0.6 is 0 Å². The van der Waals surface area contributed by atoms with Gasteiger partial charge >= 0.3 is 6.18 Å². The number of alkyl halides is 3. The molecule has 1 unspecified atom stereocenters. The number of nitrogens with zero attached hydrogens (tertiary/aromatic N) is 2. The van der Waals surface area contributed by atoms with Crippen molar-refractivity contribution in [2.45, 2.75) is 31.6 Å². The Morgan fingerprint density at radius 1 is 1.09 bits per heavy atom. The van der Waals surface area contributed by atoms with E-state index in [9.17, 15) is 32.3 Å². The van der Waals surface area contributed by atoms with E-state index < -0.39 is 29.6 Å². The molecular formula is C22H16F3N3O4. The molecule has 2 aliphatic heterocycles. The lowest BCUT2D eigenvalue weighted by Crippen LogP contribution is -2.52. The second-order valence-electron chi connectivity index (χ2n) is 7.45. The van der Waals surface area contributed by atoms with Crippen LogP contribution in [0.3, 0.4) is 0 Å². The van der Waals surface area contributed by atoms with E-state index in [4.69, 9.17) is 0 Å². The van der Waals surface area contributed by atoms with Crippen LogP contribution in [0.1, 0.15) is 50.2 Å². The van der Waals surface area contributed by atoms with E-state index in [0.717, 1.165) is 24.3 Å². The number of amides is 4. The van der Waals surface area contributed by atoms with Gasteiger partial charge in [0.05, 0.1) is 5.56 Å². The number of imide groups is 1. The third-order valence-corrected chi connectivity index (χ3v) is 5.34. The van der Waals surface area contributed by atoms with Crippen LogP contribution in [0.5, 0.6) is 0 Å². The Bertz CT molecular complexity index is 1160. The van der Waals surface area contributed by atoms with Gasteiger partial charge in [0.1, 0.15) is 6.04 Å². The van der Waals surface area contributed by atoms with E-state index in [-0.39, 0.29) is 36.8 Å². The van der Waals surface area contributed by atoms with Crippen LogP contribution in [0.25, 0.3) is 0 Å². The summed E-state index contributed by atoms with van der Waals surface area (Å²) in [6.45, 7) is 0.176. The monoisotopic (exact) mass is 443 g/mol. The number of aliphatic imine (C=N–C) groups is 1. The van der Waals surface area contributed by atoms with Gasteiger partial charge in [0.15, 0.2) is 0 Å². The number of hydrogen-bond donors (Lipinski definition) is 1. The summed E-state index contributed by atoms with van der Waals surface area (Å²) < 4.78 is 37.9. The first kappa shape index (κ1) is 21.4. The summed E-state index contributed by atoms with van der Waals surface area (Å²) in [5.74, 6) is -1.91. The first-order valence-corrected chi connectivity index (χ1v) is 9.67. The molecule has 1 fully saturated rings. The maximum atomic E-state index is 12.7. The van der Waals surface area contributed by atoms with Crippen LogP contribution in [0.2, 0.25) is 0 Å². The summed E-state index contributed by atoms with van der Waals surface area (Å²) in [5, 5.41) is 2.23. The van der Waals surface area contributed by atoms with Gasteiger partial charge < -0.3 is 4.90 Å². The molecule has 1 saturated heterocycles. The fourth-order valence-electron chi connectivity index (χ4n) is 3.68. The molecule has 2 aliphatic rings. The molecule has 2 heterocycles. The van der Waals surface area contributed by atoms with Crippen molar-refractivity contribution in [3.05, 3.63) is 70.3 Å². The van der Waals surface area contributed by atoms with Gasteiger partial charge in [0, 0.05) is 30.3 Å². The predicted molar refractivity (Wildman–Crippen MR) is 106 cm³/mol. The van der Waals surface area contributed by atoms with Crippen LogP contribution in [0.4, 0.5) is 13.2 Å². The summed E-state index contributed by atoms with van der Waals surface area (Å²) in [4.78, 5) is 53.5. The number of halogens is 3. The van der Waals surface area contributed by atoms with Crippen LogP contribution in [-0.4, -0.2) is 40.8 Å². The SMILES string of the molecule is O=C1CCC(N2Cc3cc(C=NC(=O)c4ccc(C(F)(F)F)cc4)ccc3C2=O)C(=O)N1. The molecule has 1 atom stereocenters. The maximum absolute atomic E-state index is 12.7. The topological polar surface area (TPSA) is 95.9 Å². The Kier molecular flexibility index (Phi) is 5.37. The Morgan fingerprint density at radius 2 is 1.81 bits per heavy atom. The van der Waals surface area contributed by atoms with Crippen LogP contribution in [-0.2, 0) is 22.3 Å². The quantitative estimate of drug-likeness (QED) is 0.583. The fraction of sp³-hybridized carbons (Fsp3) is 0.227. The molecule has 2 aromatic carbocycles. The molecule has 1 N–H and O–H groups in total. The Balaban J connectivity index is 1.47. The van der Waals surface area contributed by atoms with E-state index in [2.05, 4.69) is 10.3 Å². The van der Waals surface area contributed by atoms with Crippen molar-refractivity contribution in [1.29, 1.82) is 0 Å². The lowest BCUT2D eigenvalue weighted by atomic mass is 10.0. The zero-order chi connectivity index (χ0) is 23.0. The smallest absolute Gasteiger partial charge is 0.322 e. The van der Waals surface area contributed by atoms with Crippen molar-refractivity contribution < 1.29 is 32.3 Å². The fourth-order valence-corrected chi connectivity index (χ4v) is 3.68. The average Bonchev–Trinajstić information content (AvgIpc) is 3.07. The number of carbonyl (C=O) groups is 4. The van der Waals surface area contributed by atoms with E-state index in [1.165, 1.54) is 11.1 Å². The molecule has 0 aromatic heterocycles. The van der Waals surface area contributed by atoms with Gasteiger partial charge in [-0.05, 0) is 53.9 Å². The number of carbonyl (C=O) groups excluding carboxylic acids is 4. The Hall–Kier alpha value is -3.82. The third kappa shape index (κ3) is 4.16. The van der Waals surface area contributed by atoms with Crippen molar-refractivity contribution in [1.82, 2.24) is 10.2 Å². The number of hydrogen-bond acceptors (Lipinski definition) is 4. The van der Waals surface area contributed by atoms with Gasteiger partial charge in [-0.1, -0.05) is 6.07 Å². The largest absolute Gasteiger partial charge is 0.416 e. The molecule has 10 heteroatoms. The van der Waals surface area contributed by atoms with Crippen molar-refractivity contribution in [3.63, 3.8) is 0 Å². The number of nitrogens with one attached hydrogen (secondary N) is 1. The van der Waals surface area contributed by atoms with Crippen molar-refractivity contribution in [2.24, 2.45) is 4.99 Å². The number of rotatable bonds is 3. The van der Waals surface area contributed by atoms with Crippen LogP contribution in [0, 0.1) is 0 Å². The summed E-state index contributed by atoms with van der Waals surface area (Å²) in [7, 11) is 0. The van der Waals surface area contributed by atoms with E-state index in [1.54, 1.807) is 18.2 Å². The number of piperidine rings is 1. The first-order valence-electron chi connectivity index (χ1n) is 9.67. The van der Waals surface area contributed by atoms with Gasteiger partial charge in [-0.3, -0.25) is 24.5 Å². The summed E-state index contributed by atoms with van der Waals surface area (Å²) in [6, 6.07) is 7.81. The van der Waals surface area contributed by atoms with Crippen LogP contribution < -0.4 is 5.32 Å². The molecule has 0 bridgehead atoms. The minimum atomic E-state index is -4.49. The lowest BCUT2D eigenvalue weighted by molar-refractivity contribution is -0.138. The molecule has 164 valence electrons. The van der Waals surface area contributed by atoms with Gasteiger partial charge in [-0.15, -0.1) is 0 Å². The number of fused-ring (bicyclic) bond motifs is 1.